The summed E-state index contributed by atoms with van der Waals surface area (Å²) in [7, 11) is 1.60. The highest BCUT2D eigenvalue weighted by Crippen LogP contribution is 2.22. The number of nitrogens with zero attached hydrogens (tertiary/aromatic N) is 2. The molecule has 0 N–H and O–H groups in total. The van der Waals surface area contributed by atoms with Crippen molar-refractivity contribution in [1.82, 2.24) is 4.90 Å². The number of carbonyl (C=O) groups excluding carboxylic acids is 1. The summed E-state index contributed by atoms with van der Waals surface area (Å²) in [5.41, 5.74) is 1.09. The van der Waals surface area contributed by atoms with Crippen LogP contribution in [0.2, 0.25) is 5.02 Å². The van der Waals surface area contributed by atoms with Crippen molar-refractivity contribution in [2.75, 3.05) is 38.2 Å². The van der Waals surface area contributed by atoms with Gasteiger partial charge in [-0.15, -0.1) is 0 Å². The molecule has 138 valence electrons. The predicted octanol–water partition coefficient (Wildman–Crippen LogP) is 3.46. The first-order valence-corrected chi connectivity index (χ1v) is 9.04. The van der Waals surface area contributed by atoms with Crippen molar-refractivity contribution >= 4 is 23.2 Å². The van der Waals surface area contributed by atoms with Crippen LogP contribution in [0.5, 0.6) is 11.5 Å². The molecule has 1 aliphatic heterocycles. The Morgan fingerprint density at radius 1 is 1.04 bits per heavy atom. The van der Waals surface area contributed by atoms with Gasteiger partial charge in [0.2, 0.25) is 0 Å². The maximum absolute atomic E-state index is 12.7. The van der Waals surface area contributed by atoms with Crippen LogP contribution in [-0.4, -0.2) is 50.2 Å². The normalized spacial score (nSPS) is 15.5. The molecule has 1 fully saturated rings. The molecule has 0 aliphatic carbocycles. The molecule has 1 heterocycles. The molecule has 26 heavy (non-hydrogen) atoms. The Labute approximate surface area is 159 Å². The zero-order valence-corrected chi connectivity index (χ0v) is 15.8. The average molecular weight is 375 g/mol. The lowest BCUT2D eigenvalue weighted by Crippen LogP contribution is -2.52. The molecule has 0 radical (unpaired) electrons. The van der Waals surface area contributed by atoms with Gasteiger partial charge in [0.1, 0.15) is 11.5 Å². The summed E-state index contributed by atoms with van der Waals surface area (Å²) in [6.07, 6.45) is -0.542. The maximum atomic E-state index is 12.7. The van der Waals surface area contributed by atoms with Crippen LogP contribution in [0.25, 0.3) is 0 Å². The Bertz CT molecular complexity index is 760. The Kier molecular flexibility index (Phi) is 5.89. The molecular formula is C20H23ClN2O3. The number of hydrogen-bond acceptors (Lipinski definition) is 4. The molecule has 5 nitrogen and oxygen atoms in total. The first-order chi connectivity index (χ1) is 12.6. The minimum absolute atomic E-state index is 0.00133. The highest BCUT2D eigenvalue weighted by atomic mass is 35.5. The molecule has 1 saturated heterocycles. The van der Waals surface area contributed by atoms with Gasteiger partial charge in [-0.25, -0.2) is 0 Å². The highest BCUT2D eigenvalue weighted by Gasteiger charge is 2.26. The van der Waals surface area contributed by atoms with Gasteiger partial charge in [-0.1, -0.05) is 23.7 Å². The van der Waals surface area contributed by atoms with E-state index in [9.17, 15) is 4.79 Å². The van der Waals surface area contributed by atoms with Crippen LogP contribution >= 0.6 is 11.6 Å². The van der Waals surface area contributed by atoms with E-state index in [1.807, 2.05) is 47.4 Å². The second-order valence-electron chi connectivity index (χ2n) is 6.23. The van der Waals surface area contributed by atoms with Gasteiger partial charge in [-0.2, -0.15) is 0 Å². The molecule has 2 aromatic carbocycles. The number of methoxy groups -OCH3 is 1. The van der Waals surface area contributed by atoms with Gasteiger partial charge >= 0.3 is 0 Å². The van der Waals surface area contributed by atoms with E-state index in [2.05, 4.69) is 4.90 Å². The molecule has 6 heteroatoms. The Balaban J connectivity index is 1.55. The van der Waals surface area contributed by atoms with Crippen LogP contribution in [0.3, 0.4) is 0 Å². The summed E-state index contributed by atoms with van der Waals surface area (Å²) in [6, 6.07) is 15.1. The maximum Gasteiger partial charge on any atom is 0.263 e. The average Bonchev–Trinajstić information content (AvgIpc) is 2.67. The fourth-order valence-electron chi connectivity index (χ4n) is 3.04. The van der Waals surface area contributed by atoms with Gasteiger partial charge in [0.15, 0.2) is 6.10 Å². The Hall–Kier alpha value is -2.40. The number of rotatable bonds is 5. The third-order valence-corrected chi connectivity index (χ3v) is 4.70. The van der Waals surface area contributed by atoms with Crippen LogP contribution in [0.1, 0.15) is 6.92 Å². The van der Waals surface area contributed by atoms with Gasteiger partial charge in [0, 0.05) is 43.0 Å². The van der Waals surface area contributed by atoms with Gasteiger partial charge in [0.05, 0.1) is 7.11 Å². The molecule has 0 aromatic heterocycles. The summed E-state index contributed by atoms with van der Waals surface area (Å²) in [6.45, 7) is 4.66. The third kappa shape index (κ3) is 4.41. The fourth-order valence-corrected chi connectivity index (χ4v) is 3.23. The molecule has 0 unspecified atom stereocenters. The van der Waals surface area contributed by atoms with Gasteiger partial charge < -0.3 is 19.3 Å². The van der Waals surface area contributed by atoms with Gasteiger partial charge in [-0.3, -0.25) is 4.79 Å². The van der Waals surface area contributed by atoms with Crippen molar-refractivity contribution in [2.45, 2.75) is 13.0 Å². The zero-order valence-electron chi connectivity index (χ0n) is 15.0. The Morgan fingerprint density at radius 3 is 2.42 bits per heavy atom. The van der Waals surface area contributed by atoms with Crippen molar-refractivity contribution in [2.24, 2.45) is 0 Å². The second-order valence-corrected chi connectivity index (χ2v) is 6.67. The topological polar surface area (TPSA) is 42.0 Å². The molecule has 1 amide bonds. The lowest BCUT2D eigenvalue weighted by Gasteiger charge is -2.37. The summed E-state index contributed by atoms with van der Waals surface area (Å²) >= 11 is 6.07. The predicted molar refractivity (Wildman–Crippen MR) is 103 cm³/mol. The number of carbonyl (C=O) groups is 1. The number of hydrogen-bond donors (Lipinski definition) is 0. The summed E-state index contributed by atoms with van der Waals surface area (Å²) in [5, 5.41) is 0.723. The molecular weight excluding hydrogens is 352 g/mol. The number of amides is 1. The van der Waals surface area contributed by atoms with Crippen LogP contribution in [0.4, 0.5) is 5.69 Å². The standard InChI is InChI=1S/C20H23ClN2O3/c1-15(26-19-8-4-7-18(14-19)25-2)20(24)23-11-9-22(10-12-23)17-6-3-5-16(21)13-17/h3-8,13-15H,9-12H2,1-2H3/t15-/m0/s1. The van der Waals surface area contributed by atoms with E-state index in [-0.39, 0.29) is 5.91 Å². The molecule has 1 aliphatic rings. The zero-order chi connectivity index (χ0) is 18.5. The minimum atomic E-state index is -0.542. The number of anilines is 1. The first kappa shape index (κ1) is 18.4. The van der Waals surface area contributed by atoms with E-state index in [1.165, 1.54) is 0 Å². The smallest absolute Gasteiger partial charge is 0.263 e. The van der Waals surface area contributed by atoms with E-state index in [4.69, 9.17) is 21.1 Å². The number of ether oxygens (including phenoxy) is 2. The number of halogens is 1. The first-order valence-electron chi connectivity index (χ1n) is 8.67. The second kappa shape index (κ2) is 8.32. The molecule has 3 rings (SSSR count). The van der Waals surface area contributed by atoms with Crippen molar-refractivity contribution in [3.8, 4) is 11.5 Å². The van der Waals surface area contributed by atoms with Crippen molar-refractivity contribution in [1.29, 1.82) is 0 Å². The van der Waals surface area contributed by atoms with Crippen LogP contribution in [-0.2, 0) is 4.79 Å². The van der Waals surface area contributed by atoms with E-state index < -0.39 is 6.10 Å². The Morgan fingerprint density at radius 2 is 1.73 bits per heavy atom. The van der Waals surface area contributed by atoms with E-state index >= 15 is 0 Å². The monoisotopic (exact) mass is 374 g/mol. The van der Waals surface area contributed by atoms with Crippen LogP contribution < -0.4 is 14.4 Å². The lowest BCUT2D eigenvalue weighted by atomic mass is 10.2. The highest BCUT2D eigenvalue weighted by molar-refractivity contribution is 6.30. The van der Waals surface area contributed by atoms with Crippen LogP contribution in [0.15, 0.2) is 48.5 Å². The SMILES string of the molecule is COc1cccc(O[C@@H](C)C(=O)N2CCN(c3cccc(Cl)c3)CC2)c1. The summed E-state index contributed by atoms with van der Waals surface area (Å²) in [4.78, 5) is 16.8. The quantitative estimate of drug-likeness (QED) is 0.803. The molecule has 0 spiro atoms. The van der Waals surface area contributed by atoms with E-state index in [1.54, 1.807) is 20.1 Å². The summed E-state index contributed by atoms with van der Waals surface area (Å²) < 4.78 is 11.0. The van der Waals surface area contributed by atoms with Crippen LogP contribution in [0, 0.1) is 0 Å². The van der Waals surface area contributed by atoms with Gasteiger partial charge in [0.25, 0.3) is 5.91 Å². The van der Waals surface area contributed by atoms with Gasteiger partial charge in [-0.05, 0) is 37.3 Å². The van der Waals surface area contributed by atoms with E-state index in [0.29, 0.717) is 24.6 Å². The molecule has 0 saturated carbocycles. The van der Waals surface area contributed by atoms with E-state index in [0.717, 1.165) is 23.8 Å². The number of piperazine rings is 1. The molecule has 2 aromatic rings. The molecule has 1 atom stereocenters. The molecule has 0 bridgehead atoms. The lowest BCUT2D eigenvalue weighted by molar-refractivity contribution is -0.138. The number of benzene rings is 2. The third-order valence-electron chi connectivity index (χ3n) is 4.47. The minimum Gasteiger partial charge on any atom is -0.497 e. The largest absolute Gasteiger partial charge is 0.497 e. The van der Waals surface area contributed by atoms with Crippen molar-refractivity contribution < 1.29 is 14.3 Å². The van der Waals surface area contributed by atoms with Crippen molar-refractivity contribution in [3.05, 3.63) is 53.6 Å². The van der Waals surface area contributed by atoms with Crippen molar-refractivity contribution in [3.63, 3.8) is 0 Å². The fraction of sp³-hybridized carbons (Fsp3) is 0.350. The summed E-state index contributed by atoms with van der Waals surface area (Å²) in [5.74, 6) is 1.33.